The second-order valence-electron chi connectivity index (χ2n) is 7.13. The van der Waals surface area contributed by atoms with Gasteiger partial charge in [-0.1, -0.05) is 30.3 Å². The van der Waals surface area contributed by atoms with Crippen LogP contribution >= 0.6 is 11.3 Å². The third-order valence-corrected chi connectivity index (χ3v) is 6.30. The lowest BCUT2D eigenvalue weighted by molar-refractivity contribution is -0.133. The highest BCUT2D eigenvalue weighted by atomic mass is 32.1. The average Bonchev–Trinajstić information content (AvgIpc) is 3.27. The molecule has 2 fully saturated rings. The summed E-state index contributed by atoms with van der Waals surface area (Å²) in [5.74, 6) is 0.0893. The van der Waals surface area contributed by atoms with Crippen LogP contribution in [0.3, 0.4) is 0 Å². The summed E-state index contributed by atoms with van der Waals surface area (Å²) in [4.78, 5) is 32.8. The van der Waals surface area contributed by atoms with Crippen molar-refractivity contribution in [3.8, 4) is 10.6 Å². The molecule has 2 aliphatic heterocycles. The highest BCUT2D eigenvalue weighted by Gasteiger charge is 2.46. The molecule has 0 aliphatic carbocycles. The first-order valence-corrected chi connectivity index (χ1v) is 10.2. The number of likely N-dealkylation sites (tertiary alicyclic amines) is 1. The van der Waals surface area contributed by atoms with Gasteiger partial charge < -0.3 is 14.5 Å². The van der Waals surface area contributed by atoms with Crippen LogP contribution in [0.25, 0.3) is 10.6 Å². The van der Waals surface area contributed by atoms with Gasteiger partial charge >= 0.3 is 6.09 Å². The SMILES string of the molecule is CCN1CC2(CCN(C(=O)Cc3csc(-c4ccccc4)n3)CC2)OC1=O. The third kappa shape index (κ3) is 3.69. The van der Waals surface area contributed by atoms with Crippen molar-refractivity contribution in [2.75, 3.05) is 26.2 Å². The Morgan fingerprint density at radius 3 is 2.67 bits per heavy atom. The van der Waals surface area contributed by atoms with Crippen molar-refractivity contribution in [2.24, 2.45) is 0 Å². The van der Waals surface area contributed by atoms with Crippen LogP contribution in [-0.2, 0) is 16.0 Å². The van der Waals surface area contributed by atoms with Gasteiger partial charge in [0, 0.05) is 43.4 Å². The summed E-state index contributed by atoms with van der Waals surface area (Å²) >= 11 is 1.56. The fraction of sp³-hybridized carbons (Fsp3) is 0.450. The molecule has 0 bridgehead atoms. The van der Waals surface area contributed by atoms with E-state index in [-0.39, 0.29) is 12.0 Å². The fourth-order valence-corrected chi connectivity index (χ4v) is 4.55. The molecule has 6 nitrogen and oxygen atoms in total. The highest BCUT2D eigenvalue weighted by molar-refractivity contribution is 7.13. The molecule has 2 saturated heterocycles. The molecule has 0 saturated carbocycles. The minimum atomic E-state index is -0.412. The zero-order valence-electron chi connectivity index (χ0n) is 15.4. The van der Waals surface area contributed by atoms with Gasteiger partial charge in [0.2, 0.25) is 5.91 Å². The van der Waals surface area contributed by atoms with E-state index < -0.39 is 5.60 Å². The highest BCUT2D eigenvalue weighted by Crippen LogP contribution is 2.33. The average molecular weight is 385 g/mol. The first kappa shape index (κ1) is 18.0. The van der Waals surface area contributed by atoms with Gasteiger partial charge in [0.1, 0.15) is 10.6 Å². The fourth-order valence-electron chi connectivity index (χ4n) is 3.73. The van der Waals surface area contributed by atoms with Gasteiger partial charge in [-0.2, -0.15) is 0 Å². The van der Waals surface area contributed by atoms with Crippen LogP contribution in [0.2, 0.25) is 0 Å². The number of amides is 2. The molecule has 27 heavy (non-hydrogen) atoms. The minimum Gasteiger partial charge on any atom is -0.441 e. The van der Waals surface area contributed by atoms with Crippen molar-refractivity contribution < 1.29 is 14.3 Å². The number of hydrogen-bond acceptors (Lipinski definition) is 5. The molecule has 2 aromatic rings. The van der Waals surface area contributed by atoms with Crippen LogP contribution < -0.4 is 0 Å². The van der Waals surface area contributed by atoms with Gasteiger partial charge in [-0.25, -0.2) is 9.78 Å². The normalized spacial score (nSPS) is 18.8. The van der Waals surface area contributed by atoms with Gasteiger partial charge in [-0.05, 0) is 6.92 Å². The molecule has 2 aliphatic rings. The van der Waals surface area contributed by atoms with Gasteiger partial charge in [0.05, 0.1) is 18.7 Å². The zero-order valence-corrected chi connectivity index (χ0v) is 16.2. The monoisotopic (exact) mass is 385 g/mol. The van der Waals surface area contributed by atoms with Crippen LogP contribution in [0.15, 0.2) is 35.7 Å². The summed E-state index contributed by atoms with van der Waals surface area (Å²) in [5, 5.41) is 2.90. The van der Waals surface area contributed by atoms with Crippen molar-refractivity contribution in [1.82, 2.24) is 14.8 Å². The second kappa shape index (κ2) is 7.31. The predicted molar refractivity (Wildman–Crippen MR) is 104 cm³/mol. The number of nitrogens with zero attached hydrogens (tertiary/aromatic N) is 3. The van der Waals surface area contributed by atoms with Crippen molar-refractivity contribution in [1.29, 1.82) is 0 Å². The molecule has 4 rings (SSSR count). The number of hydrogen-bond donors (Lipinski definition) is 0. The summed E-state index contributed by atoms with van der Waals surface area (Å²) in [6.45, 7) is 4.50. The van der Waals surface area contributed by atoms with Gasteiger partial charge in [0.25, 0.3) is 0 Å². The van der Waals surface area contributed by atoms with Crippen molar-refractivity contribution in [3.63, 3.8) is 0 Å². The van der Waals surface area contributed by atoms with Crippen molar-refractivity contribution in [3.05, 3.63) is 41.4 Å². The Morgan fingerprint density at radius 1 is 1.26 bits per heavy atom. The molecule has 3 heterocycles. The van der Waals surface area contributed by atoms with Gasteiger partial charge in [0.15, 0.2) is 0 Å². The van der Waals surface area contributed by atoms with Gasteiger partial charge in [-0.15, -0.1) is 11.3 Å². The largest absolute Gasteiger partial charge is 0.441 e. The smallest absolute Gasteiger partial charge is 0.410 e. The number of rotatable bonds is 4. The molecule has 7 heteroatoms. The van der Waals surface area contributed by atoms with Crippen LogP contribution in [-0.4, -0.2) is 58.6 Å². The number of thiazole rings is 1. The van der Waals surface area contributed by atoms with Crippen LogP contribution in [0.4, 0.5) is 4.79 Å². The first-order chi connectivity index (χ1) is 13.1. The van der Waals surface area contributed by atoms with E-state index in [0.717, 1.165) is 16.3 Å². The number of likely N-dealkylation sites (N-methyl/N-ethyl adjacent to an activating group) is 1. The number of benzene rings is 1. The Balaban J connectivity index is 1.34. The topological polar surface area (TPSA) is 62.7 Å². The maximum absolute atomic E-state index is 12.7. The zero-order chi connectivity index (χ0) is 18.9. The number of piperidine rings is 1. The third-order valence-electron chi connectivity index (χ3n) is 5.35. The summed E-state index contributed by atoms with van der Waals surface area (Å²) in [6.07, 6.45) is 1.49. The molecule has 142 valence electrons. The predicted octanol–water partition coefficient (Wildman–Crippen LogP) is 3.19. The Labute approximate surface area is 162 Å². The van der Waals surface area contributed by atoms with E-state index in [2.05, 4.69) is 4.98 Å². The standard InChI is InChI=1S/C20H23N3O3S/c1-2-22-14-20(26-19(22)25)8-10-23(11-9-20)17(24)12-16-13-27-18(21-16)15-6-4-3-5-7-15/h3-7,13H,2,8-12,14H2,1H3. The molecule has 2 amide bonds. The molecule has 0 unspecified atom stereocenters. The summed E-state index contributed by atoms with van der Waals surface area (Å²) in [6, 6.07) is 10.0. The van der Waals surface area contributed by atoms with E-state index in [1.165, 1.54) is 0 Å². The maximum atomic E-state index is 12.7. The first-order valence-electron chi connectivity index (χ1n) is 9.34. The molecular formula is C20H23N3O3S. The Morgan fingerprint density at radius 2 is 2.00 bits per heavy atom. The van der Waals surface area contributed by atoms with Crippen molar-refractivity contribution >= 4 is 23.3 Å². The van der Waals surface area contributed by atoms with E-state index in [4.69, 9.17) is 4.74 Å². The quantitative estimate of drug-likeness (QED) is 0.811. The molecule has 0 N–H and O–H groups in total. The lowest BCUT2D eigenvalue weighted by Gasteiger charge is -2.37. The maximum Gasteiger partial charge on any atom is 0.410 e. The Hall–Kier alpha value is -2.41. The van der Waals surface area contributed by atoms with Crippen LogP contribution in [0.1, 0.15) is 25.5 Å². The molecule has 0 radical (unpaired) electrons. The van der Waals surface area contributed by atoms with E-state index in [9.17, 15) is 9.59 Å². The second-order valence-corrected chi connectivity index (χ2v) is 7.99. The van der Waals surface area contributed by atoms with Gasteiger partial charge in [-0.3, -0.25) is 4.79 Å². The lowest BCUT2D eigenvalue weighted by Crippen LogP contribution is -2.49. The summed E-state index contributed by atoms with van der Waals surface area (Å²) in [5.41, 5.74) is 1.48. The number of carbonyl (C=O) groups is 2. The van der Waals surface area contributed by atoms with E-state index in [1.807, 2.05) is 47.5 Å². The number of carbonyl (C=O) groups excluding carboxylic acids is 2. The minimum absolute atomic E-state index is 0.0893. The summed E-state index contributed by atoms with van der Waals surface area (Å²) in [7, 11) is 0. The number of aromatic nitrogens is 1. The molecule has 0 atom stereocenters. The summed E-state index contributed by atoms with van der Waals surface area (Å²) < 4.78 is 5.63. The van der Waals surface area contributed by atoms with Crippen LogP contribution in [0, 0.1) is 0 Å². The molecule has 1 aromatic carbocycles. The van der Waals surface area contributed by atoms with Crippen molar-refractivity contribution in [2.45, 2.75) is 31.8 Å². The molecule has 1 aromatic heterocycles. The van der Waals surface area contributed by atoms with E-state index in [0.29, 0.717) is 45.4 Å². The Kier molecular flexibility index (Phi) is 4.86. The Bertz CT molecular complexity index is 828. The lowest BCUT2D eigenvalue weighted by atomic mass is 9.91. The van der Waals surface area contributed by atoms with Crippen LogP contribution in [0.5, 0.6) is 0 Å². The number of ether oxygens (including phenoxy) is 1. The van der Waals surface area contributed by atoms with E-state index in [1.54, 1.807) is 16.2 Å². The van der Waals surface area contributed by atoms with E-state index >= 15 is 0 Å². The molecular weight excluding hydrogens is 362 g/mol. The molecule has 1 spiro atoms.